The van der Waals surface area contributed by atoms with Crippen molar-refractivity contribution in [1.82, 2.24) is 21.5 Å². The van der Waals surface area contributed by atoms with Crippen molar-refractivity contribution in [2.75, 3.05) is 19.6 Å². The lowest BCUT2D eigenvalue weighted by Crippen LogP contribution is -2.45. The van der Waals surface area contributed by atoms with E-state index in [0.717, 1.165) is 0 Å². The molecule has 5 N–H and O–H groups in total. The van der Waals surface area contributed by atoms with Gasteiger partial charge in [-0.2, -0.15) is 0 Å². The normalized spacial score (nSPS) is 17.2. The number of hydrazine groups is 1. The second kappa shape index (κ2) is 6.46. The highest BCUT2D eigenvalue weighted by Crippen LogP contribution is 2.15. The van der Waals surface area contributed by atoms with E-state index in [4.69, 9.17) is 0 Å². The molecule has 1 aromatic carbocycles. The molecule has 1 heterocycles. The van der Waals surface area contributed by atoms with Gasteiger partial charge >= 0.3 is 6.03 Å². The molecule has 1 aliphatic rings. The van der Waals surface area contributed by atoms with Gasteiger partial charge in [-0.15, -0.1) is 0 Å². The quantitative estimate of drug-likeness (QED) is 0.516. The van der Waals surface area contributed by atoms with Gasteiger partial charge in [-0.25, -0.2) is 9.18 Å². The van der Waals surface area contributed by atoms with Crippen LogP contribution in [0.4, 0.5) is 9.18 Å². The van der Waals surface area contributed by atoms with Crippen molar-refractivity contribution in [3.63, 3.8) is 0 Å². The molecule has 19 heavy (non-hydrogen) atoms. The third-order valence-corrected chi connectivity index (χ3v) is 2.88. The van der Waals surface area contributed by atoms with Gasteiger partial charge in [0.2, 0.25) is 0 Å². The van der Waals surface area contributed by atoms with Crippen LogP contribution in [0.25, 0.3) is 0 Å². The molecule has 0 bridgehead atoms. The Kier molecular flexibility index (Phi) is 4.67. The highest BCUT2D eigenvalue weighted by molar-refractivity contribution is 5.74. The van der Waals surface area contributed by atoms with Gasteiger partial charge in [0.25, 0.3) is 0 Å². The first-order chi connectivity index (χ1) is 9.16. The average molecular weight is 268 g/mol. The van der Waals surface area contributed by atoms with Gasteiger partial charge in [-0.3, -0.25) is 10.9 Å². The smallest absolute Gasteiger partial charge is 0.315 e. The number of halogens is 1. The van der Waals surface area contributed by atoms with Crippen molar-refractivity contribution < 1.29 is 14.3 Å². The Labute approximate surface area is 110 Å². The molecule has 1 fully saturated rings. The third-order valence-electron chi connectivity index (χ3n) is 2.88. The van der Waals surface area contributed by atoms with E-state index < -0.39 is 11.9 Å². The summed E-state index contributed by atoms with van der Waals surface area (Å²) in [5.41, 5.74) is 5.94. The van der Waals surface area contributed by atoms with Crippen molar-refractivity contribution in [1.29, 1.82) is 0 Å². The van der Waals surface area contributed by atoms with E-state index in [1.54, 1.807) is 12.1 Å². The van der Waals surface area contributed by atoms with Gasteiger partial charge in [0.05, 0.1) is 12.1 Å². The number of urea groups is 1. The van der Waals surface area contributed by atoms with Crippen molar-refractivity contribution in [2.45, 2.75) is 12.1 Å². The van der Waals surface area contributed by atoms with Crippen LogP contribution in [-0.4, -0.2) is 36.8 Å². The molecule has 1 atom stereocenters. The Morgan fingerprint density at radius 3 is 2.79 bits per heavy atom. The molecule has 0 spiro atoms. The molecule has 1 saturated heterocycles. The molecule has 0 saturated carbocycles. The van der Waals surface area contributed by atoms with Crippen LogP contribution in [-0.2, 0) is 0 Å². The highest BCUT2D eigenvalue weighted by atomic mass is 19.1. The van der Waals surface area contributed by atoms with Gasteiger partial charge in [0.15, 0.2) is 0 Å². The fourth-order valence-electron chi connectivity index (χ4n) is 1.85. The molecule has 0 aliphatic carbocycles. The minimum Gasteiger partial charge on any atom is -0.386 e. The molecule has 0 radical (unpaired) electrons. The van der Waals surface area contributed by atoms with Crippen LogP contribution in [0.2, 0.25) is 0 Å². The number of rotatable bonds is 4. The van der Waals surface area contributed by atoms with Gasteiger partial charge in [0.1, 0.15) is 5.82 Å². The van der Waals surface area contributed by atoms with Crippen molar-refractivity contribution in [3.05, 3.63) is 35.6 Å². The molecule has 6 nitrogen and oxygen atoms in total. The molecule has 1 unspecified atom stereocenters. The number of hydrogen-bond acceptors (Lipinski definition) is 4. The number of aliphatic hydroxyl groups excluding tert-OH is 1. The SMILES string of the molecule is O=C(NCC(O)c1ccccc1F)NC1CNNC1. The number of aliphatic hydroxyl groups is 1. The summed E-state index contributed by atoms with van der Waals surface area (Å²) < 4.78 is 13.4. The number of amides is 2. The zero-order chi connectivity index (χ0) is 13.7. The van der Waals surface area contributed by atoms with Gasteiger partial charge in [-0.1, -0.05) is 18.2 Å². The number of carbonyl (C=O) groups excluding carboxylic acids is 1. The highest BCUT2D eigenvalue weighted by Gasteiger charge is 2.17. The molecular weight excluding hydrogens is 251 g/mol. The van der Waals surface area contributed by atoms with Crippen molar-refractivity contribution in [2.24, 2.45) is 0 Å². The zero-order valence-corrected chi connectivity index (χ0v) is 10.3. The Bertz CT molecular complexity index is 437. The number of carbonyl (C=O) groups is 1. The molecule has 2 amide bonds. The molecule has 1 aromatic rings. The summed E-state index contributed by atoms with van der Waals surface area (Å²) in [5.74, 6) is -0.485. The summed E-state index contributed by atoms with van der Waals surface area (Å²) >= 11 is 0. The summed E-state index contributed by atoms with van der Waals surface area (Å²) in [6.45, 7) is 1.24. The summed E-state index contributed by atoms with van der Waals surface area (Å²) in [6.07, 6.45) is -1.06. The van der Waals surface area contributed by atoms with E-state index in [0.29, 0.717) is 13.1 Å². The predicted octanol–water partition coefficient (Wildman–Crippen LogP) is -0.365. The van der Waals surface area contributed by atoms with Crippen LogP contribution in [0, 0.1) is 5.82 Å². The van der Waals surface area contributed by atoms with E-state index in [-0.39, 0.29) is 24.2 Å². The number of benzene rings is 1. The molecule has 0 aromatic heterocycles. The summed E-state index contributed by atoms with van der Waals surface area (Å²) in [5, 5.41) is 15.0. The van der Waals surface area contributed by atoms with Crippen LogP contribution >= 0.6 is 0 Å². The van der Waals surface area contributed by atoms with Crippen molar-refractivity contribution >= 4 is 6.03 Å². The minimum atomic E-state index is -1.06. The molecule has 1 aliphatic heterocycles. The maximum absolute atomic E-state index is 13.4. The monoisotopic (exact) mass is 268 g/mol. The lowest BCUT2D eigenvalue weighted by Gasteiger charge is -2.15. The van der Waals surface area contributed by atoms with E-state index in [1.807, 2.05) is 0 Å². The summed E-state index contributed by atoms with van der Waals surface area (Å²) in [7, 11) is 0. The zero-order valence-electron chi connectivity index (χ0n) is 10.3. The standard InChI is InChI=1S/C12H17FN4O2/c13-10-4-2-1-3-9(10)11(18)7-14-12(19)17-8-5-15-16-6-8/h1-4,8,11,15-16,18H,5-7H2,(H2,14,17,19). The average Bonchev–Trinajstić information content (AvgIpc) is 2.89. The van der Waals surface area contributed by atoms with Gasteiger partial charge < -0.3 is 15.7 Å². The van der Waals surface area contributed by atoms with Crippen molar-refractivity contribution in [3.8, 4) is 0 Å². The van der Waals surface area contributed by atoms with E-state index >= 15 is 0 Å². The largest absolute Gasteiger partial charge is 0.386 e. The third kappa shape index (κ3) is 3.88. The maximum atomic E-state index is 13.4. The first kappa shape index (κ1) is 13.7. The van der Waals surface area contributed by atoms with Gasteiger partial charge in [-0.05, 0) is 6.07 Å². The summed E-state index contributed by atoms with van der Waals surface area (Å²) in [4.78, 5) is 11.5. The fraction of sp³-hybridized carbons (Fsp3) is 0.417. The summed E-state index contributed by atoms with van der Waals surface area (Å²) in [6, 6.07) is 5.57. The van der Waals surface area contributed by atoms with E-state index in [9.17, 15) is 14.3 Å². The predicted molar refractivity (Wildman–Crippen MR) is 67.7 cm³/mol. The van der Waals surface area contributed by atoms with E-state index in [1.165, 1.54) is 12.1 Å². The van der Waals surface area contributed by atoms with Crippen LogP contribution in [0.15, 0.2) is 24.3 Å². The van der Waals surface area contributed by atoms with Crippen LogP contribution in [0.1, 0.15) is 11.7 Å². The molecule has 7 heteroatoms. The minimum absolute atomic E-state index is 0.00519. The lowest BCUT2D eigenvalue weighted by atomic mass is 10.1. The van der Waals surface area contributed by atoms with Crippen LogP contribution in [0.5, 0.6) is 0 Å². The Morgan fingerprint density at radius 1 is 1.42 bits per heavy atom. The Hall–Kier alpha value is -1.70. The lowest BCUT2D eigenvalue weighted by molar-refractivity contribution is 0.168. The fourth-order valence-corrected chi connectivity index (χ4v) is 1.85. The molecular formula is C12H17FN4O2. The van der Waals surface area contributed by atoms with Gasteiger partial charge in [0, 0.05) is 25.2 Å². The van der Waals surface area contributed by atoms with Crippen LogP contribution < -0.4 is 21.5 Å². The first-order valence-corrected chi connectivity index (χ1v) is 6.09. The van der Waals surface area contributed by atoms with E-state index in [2.05, 4.69) is 21.5 Å². The first-order valence-electron chi connectivity index (χ1n) is 6.09. The maximum Gasteiger partial charge on any atom is 0.315 e. The second-order valence-electron chi connectivity index (χ2n) is 4.35. The Morgan fingerprint density at radius 2 is 2.11 bits per heavy atom. The topological polar surface area (TPSA) is 85.4 Å². The second-order valence-corrected chi connectivity index (χ2v) is 4.35. The molecule has 104 valence electrons. The van der Waals surface area contributed by atoms with Crippen LogP contribution in [0.3, 0.4) is 0 Å². The Balaban J connectivity index is 1.78. The number of hydrogen-bond donors (Lipinski definition) is 5. The number of nitrogens with one attached hydrogen (secondary N) is 4. The molecule has 2 rings (SSSR count).